The fourth-order valence-electron chi connectivity index (χ4n) is 2.81. The number of aromatic nitrogens is 1. The molecule has 1 aromatic heterocycles. The van der Waals surface area contributed by atoms with Crippen molar-refractivity contribution in [2.75, 3.05) is 32.9 Å². The molecular weight excluding hydrogens is 401 g/mol. The number of halogens is 1. The van der Waals surface area contributed by atoms with Crippen LogP contribution in [-0.4, -0.2) is 67.2 Å². The van der Waals surface area contributed by atoms with Crippen molar-refractivity contribution >= 4 is 22.4 Å². The summed E-state index contributed by atoms with van der Waals surface area (Å²) >= 11 is 1.22. The Hall–Kier alpha value is -2.11. The molecule has 3 unspecified atom stereocenters. The fourth-order valence-corrected chi connectivity index (χ4v) is 3.56. The first-order valence-corrected chi connectivity index (χ1v) is 9.78. The zero-order chi connectivity index (χ0) is 21.6. The Labute approximate surface area is 172 Å². The van der Waals surface area contributed by atoms with Crippen LogP contribution in [0.25, 0.3) is 0 Å². The van der Waals surface area contributed by atoms with Gasteiger partial charge in [0.15, 0.2) is 0 Å². The minimum absolute atomic E-state index is 0.112. The first-order valence-electron chi connectivity index (χ1n) is 8.90. The number of hydrogen-bond acceptors (Lipinski definition) is 8. The Balaban J connectivity index is 2.21. The van der Waals surface area contributed by atoms with E-state index in [4.69, 9.17) is 9.57 Å². The summed E-state index contributed by atoms with van der Waals surface area (Å²) in [5.74, 6) is -0.942. The molecule has 0 bridgehead atoms. The van der Waals surface area contributed by atoms with E-state index in [9.17, 15) is 19.4 Å². The van der Waals surface area contributed by atoms with Gasteiger partial charge in [0.25, 0.3) is 5.91 Å². The number of rotatable bonds is 10. The Morgan fingerprint density at radius 2 is 2.07 bits per heavy atom. The van der Waals surface area contributed by atoms with E-state index >= 15 is 0 Å². The summed E-state index contributed by atoms with van der Waals surface area (Å²) < 4.78 is 18.6. The number of nitrogens with one attached hydrogen (secondary N) is 1. The van der Waals surface area contributed by atoms with Crippen LogP contribution in [0.4, 0.5) is 9.52 Å². The highest BCUT2D eigenvalue weighted by Crippen LogP contribution is 2.20. The van der Waals surface area contributed by atoms with Crippen LogP contribution in [0, 0.1) is 12.7 Å². The van der Waals surface area contributed by atoms with Gasteiger partial charge in [-0.25, -0.2) is 14.4 Å². The summed E-state index contributed by atoms with van der Waals surface area (Å²) in [7, 11) is 4.52. The standard InChI is InChI=1S/C19H26FN3O5S/c1-11-5-12(7-13(20)6-11)8-14(17(25)16(24)9-27-3)21-18(26)15-10-29-19(22-15)23(2)28-4/h5-7,10,14,16-17,24-25H,8-9H2,1-4H3,(H,21,26). The summed E-state index contributed by atoms with van der Waals surface area (Å²) in [6.07, 6.45) is -2.45. The molecule has 8 nitrogen and oxygen atoms in total. The highest BCUT2D eigenvalue weighted by atomic mass is 32.1. The molecule has 0 aliphatic heterocycles. The molecule has 0 saturated carbocycles. The van der Waals surface area contributed by atoms with Crippen molar-refractivity contribution in [3.63, 3.8) is 0 Å². The minimum atomic E-state index is -1.33. The Morgan fingerprint density at radius 3 is 2.69 bits per heavy atom. The second kappa shape index (κ2) is 10.6. The number of hydroxylamine groups is 1. The number of nitrogens with zero attached hydrogens (tertiary/aromatic N) is 2. The molecule has 2 aromatic rings. The molecule has 160 valence electrons. The lowest BCUT2D eigenvalue weighted by Gasteiger charge is -2.27. The van der Waals surface area contributed by atoms with E-state index in [1.165, 1.54) is 42.8 Å². The second-order valence-corrected chi connectivity index (χ2v) is 7.47. The first-order chi connectivity index (χ1) is 13.7. The molecule has 1 heterocycles. The number of anilines is 1. The molecular formula is C19H26FN3O5S. The third-order valence-electron chi connectivity index (χ3n) is 4.29. The van der Waals surface area contributed by atoms with Gasteiger partial charge in [0.05, 0.1) is 19.8 Å². The Kier molecular flexibility index (Phi) is 8.47. The molecule has 0 fully saturated rings. The normalized spacial score (nSPS) is 14.3. The lowest BCUT2D eigenvalue weighted by atomic mass is 9.96. The van der Waals surface area contributed by atoms with E-state index in [0.29, 0.717) is 16.3 Å². The van der Waals surface area contributed by atoms with Crippen LogP contribution in [0.2, 0.25) is 0 Å². The SMILES string of the molecule is COCC(O)C(O)C(Cc1cc(C)cc(F)c1)NC(=O)c1csc(N(C)OC)n1. The second-order valence-electron chi connectivity index (χ2n) is 6.63. The number of methoxy groups -OCH3 is 1. The van der Waals surface area contributed by atoms with E-state index in [1.54, 1.807) is 25.4 Å². The average Bonchev–Trinajstić information content (AvgIpc) is 3.16. The molecule has 0 aliphatic rings. The zero-order valence-electron chi connectivity index (χ0n) is 16.8. The van der Waals surface area contributed by atoms with Crippen molar-refractivity contribution in [3.8, 4) is 0 Å². The van der Waals surface area contributed by atoms with Gasteiger partial charge in [-0.3, -0.25) is 9.63 Å². The highest BCUT2D eigenvalue weighted by molar-refractivity contribution is 7.13. The fraction of sp³-hybridized carbons (Fsp3) is 0.474. The van der Waals surface area contributed by atoms with E-state index in [-0.39, 0.29) is 18.7 Å². The van der Waals surface area contributed by atoms with E-state index in [1.807, 2.05) is 0 Å². The summed E-state index contributed by atoms with van der Waals surface area (Å²) in [6, 6.07) is 3.58. The molecule has 0 radical (unpaired) electrons. The molecule has 0 spiro atoms. The van der Waals surface area contributed by atoms with E-state index in [0.717, 1.165) is 0 Å². The molecule has 3 N–H and O–H groups in total. The van der Waals surface area contributed by atoms with Gasteiger partial charge in [-0.15, -0.1) is 11.3 Å². The number of aliphatic hydroxyl groups is 2. The van der Waals surface area contributed by atoms with Crippen molar-refractivity contribution in [1.29, 1.82) is 0 Å². The summed E-state index contributed by atoms with van der Waals surface area (Å²) in [5, 5.41) is 26.8. The lowest BCUT2D eigenvalue weighted by Crippen LogP contribution is -2.51. The number of carbonyl (C=O) groups is 1. The van der Waals surface area contributed by atoms with Crippen molar-refractivity contribution in [3.05, 3.63) is 46.2 Å². The van der Waals surface area contributed by atoms with Gasteiger partial charge in [0.2, 0.25) is 5.13 Å². The predicted molar refractivity (Wildman–Crippen MR) is 108 cm³/mol. The van der Waals surface area contributed by atoms with Crippen molar-refractivity contribution < 1.29 is 29.0 Å². The van der Waals surface area contributed by atoms with E-state index in [2.05, 4.69) is 10.3 Å². The molecule has 2 rings (SSSR count). The van der Waals surface area contributed by atoms with Gasteiger partial charge in [0.1, 0.15) is 23.7 Å². The smallest absolute Gasteiger partial charge is 0.271 e. The third-order valence-corrected chi connectivity index (χ3v) is 5.19. The molecule has 29 heavy (non-hydrogen) atoms. The number of aryl methyl sites for hydroxylation is 1. The first kappa shape index (κ1) is 23.2. The van der Waals surface area contributed by atoms with Gasteiger partial charge in [0, 0.05) is 19.5 Å². The van der Waals surface area contributed by atoms with Crippen molar-refractivity contribution in [2.24, 2.45) is 0 Å². The molecule has 3 atom stereocenters. The van der Waals surface area contributed by atoms with Gasteiger partial charge in [-0.2, -0.15) is 0 Å². The van der Waals surface area contributed by atoms with E-state index < -0.39 is 30.0 Å². The van der Waals surface area contributed by atoms with Crippen LogP contribution in [0.1, 0.15) is 21.6 Å². The Morgan fingerprint density at radius 1 is 1.34 bits per heavy atom. The molecule has 0 saturated heterocycles. The lowest BCUT2D eigenvalue weighted by molar-refractivity contribution is -0.0407. The van der Waals surface area contributed by atoms with Crippen LogP contribution in [0.5, 0.6) is 0 Å². The predicted octanol–water partition coefficient (Wildman–Crippen LogP) is 1.30. The van der Waals surface area contributed by atoms with Gasteiger partial charge in [-0.05, 0) is 36.6 Å². The van der Waals surface area contributed by atoms with Crippen LogP contribution < -0.4 is 10.4 Å². The maximum atomic E-state index is 13.8. The minimum Gasteiger partial charge on any atom is -0.388 e. The largest absolute Gasteiger partial charge is 0.388 e. The number of benzene rings is 1. The van der Waals surface area contributed by atoms with Gasteiger partial charge in [-0.1, -0.05) is 6.07 Å². The number of carbonyl (C=O) groups excluding carboxylic acids is 1. The van der Waals surface area contributed by atoms with Crippen LogP contribution in [0.15, 0.2) is 23.6 Å². The number of amides is 1. The maximum absolute atomic E-state index is 13.8. The molecule has 10 heteroatoms. The van der Waals surface area contributed by atoms with Crippen LogP contribution >= 0.6 is 11.3 Å². The third kappa shape index (κ3) is 6.44. The Bertz CT molecular complexity index is 799. The number of aliphatic hydroxyl groups excluding tert-OH is 2. The van der Waals surface area contributed by atoms with Crippen LogP contribution in [0.3, 0.4) is 0 Å². The number of ether oxygens (including phenoxy) is 1. The van der Waals surface area contributed by atoms with Crippen LogP contribution in [-0.2, 0) is 16.0 Å². The summed E-state index contributed by atoms with van der Waals surface area (Å²) in [4.78, 5) is 21.9. The monoisotopic (exact) mass is 427 g/mol. The zero-order valence-corrected chi connectivity index (χ0v) is 17.6. The maximum Gasteiger partial charge on any atom is 0.271 e. The summed E-state index contributed by atoms with van der Waals surface area (Å²) in [6.45, 7) is 1.63. The van der Waals surface area contributed by atoms with Crippen molar-refractivity contribution in [2.45, 2.75) is 31.6 Å². The number of thiazole rings is 1. The topological polar surface area (TPSA) is 104 Å². The van der Waals surface area contributed by atoms with Gasteiger partial charge < -0.3 is 20.3 Å². The molecule has 1 amide bonds. The highest BCUT2D eigenvalue weighted by Gasteiger charge is 2.29. The molecule has 0 aliphatic carbocycles. The molecule has 1 aromatic carbocycles. The van der Waals surface area contributed by atoms with Crippen molar-refractivity contribution in [1.82, 2.24) is 10.3 Å². The summed E-state index contributed by atoms with van der Waals surface area (Å²) in [5.41, 5.74) is 1.43. The quantitative estimate of drug-likeness (QED) is 0.491. The average molecular weight is 427 g/mol. The van der Waals surface area contributed by atoms with Gasteiger partial charge >= 0.3 is 0 Å². The number of hydrogen-bond donors (Lipinski definition) is 3.